The average Bonchev–Trinajstić information content (AvgIpc) is 3.93. The lowest BCUT2D eigenvalue weighted by Crippen LogP contribution is -2.68. The molecule has 1 aliphatic heterocycles. The number of H-pyrrole nitrogens is 1. The Bertz CT molecular complexity index is 2790. The van der Waals surface area contributed by atoms with Gasteiger partial charge in [0.2, 0.25) is 5.95 Å². The molecular weight excluding hydrogens is 881 g/mol. The first kappa shape index (κ1) is 47.2. The minimum absolute atomic E-state index is 0.121. The molecule has 0 amide bonds. The van der Waals surface area contributed by atoms with E-state index in [-0.39, 0.29) is 27.9 Å². The van der Waals surface area contributed by atoms with Gasteiger partial charge in [-0.3, -0.25) is 19.1 Å². The number of thiazole rings is 1. The lowest BCUT2D eigenvalue weighted by atomic mass is 9.77. The molecule has 7 aromatic rings. The summed E-state index contributed by atoms with van der Waals surface area (Å²) in [6.07, 6.45) is -2.68. The van der Waals surface area contributed by atoms with Crippen LogP contribution in [0.25, 0.3) is 10.3 Å². The Labute approximate surface area is 396 Å². The van der Waals surface area contributed by atoms with Gasteiger partial charge in [-0.25, -0.2) is 4.79 Å². The average molecular weight is 939 g/mol. The Morgan fingerprint density at radius 3 is 1.88 bits per heavy atom. The number of carbonyl (C=O) groups excluding carboxylic acids is 1. The van der Waals surface area contributed by atoms with E-state index in [2.05, 4.69) is 86.5 Å². The molecule has 5 aromatic carbocycles. The highest BCUT2D eigenvalue weighted by Crippen LogP contribution is 2.45. The normalized spacial score (nSPS) is 17.4. The number of ether oxygens (including phenoxy) is 4. The number of nitrogens with one attached hydrogen (secondary N) is 2. The van der Waals surface area contributed by atoms with E-state index < -0.39 is 60.9 Å². The molecule has 3 heterocycles. The van der Waals surface area contributed by atoms with E-state index in [0.29, 0.717) is 18.6 Å². The number of aromatic nitrogens is 3. The van der Waals surface area contributed by atoms with Crippen LogP contribution in [-0.2, 0) is 24.2 Å². The van der Waals surface area contributed by atoms with E-state index in [4.69, 9.17) is 28.4 Å². The molecule has 14 heteroatoms. The standard InChI is InChI=1S/C53H58N4O8SSi/c1-8-43(65-67(52(4,5)6,40-26-18-12-19-27-40)41-28-20-13-21-29-41)44-34-42(35(3)63-51(60)62-9-2)48(64-44)57-46-45(66-50(57)59)47(58)55-49(54-46)56-53(36-22-14-10-15-23-36,37-24-16-11-17-25-37)38-30-32-39(61-7)33-31-38/h10-33,35,42-44,48H,8-9,34H2,1-7H3,(H2,54,55,56,58)/t35?,42-,43?,44-,48+/m0/s1. The molecule has 1 fully saturated rings. The van der Waals surface area contributed by atoms with Gasteiger partial charge in [0.25, 0.3) is 13.9 Å². The lowest BCUT2D eigenvalue weighted by Gasteiger charge is -2.46. The highest BCUT2D eigenvalue weighted by molar-refractivity contribution is 7.16. The molecule has 5 atom stereocenters. The molecule has 1 aliphatic rings. The van der Waals surface area contributed by atoms with Crippen LogP contribution in [0.4, 0.5) is 10.7 Å². The molecule has 348 valence electrons. The van der Waals surface area contributed by atoms with E-state index in [1.165, 1.54) is 4.57 Å². The first-order valence-corrected chi connectivity index (χ1v) is 25.5. The van der Waals surface area contributed by atoms with Crippen LogP contribution in [0.1, 0.15) is 77.3 Å². The van der Waals surface area contributed by atoms with Crippen LogP contribution in [0.15, 0.2) is 155 Å². The second-order valence-corrected chi connectivity index (χ2v) is 23.1. The van der Waals surface area contributed by atoms with Gasteiger partial charge in [0.05, 0.1) is 25.9 Å². The van der Waals surface area contributed by atoms with Crippen molar-refractivity contribution in [3.05, 3.63) is 182 Å². The molecule has 0 spiro atoms. The lowest BCUT2D eigenvalue weighted by molar-refractivity contribution is -0.0734. The van der Waals surface area contributed by atoms with E-state index in [9.17, 15) is 14.4 Å². The number of rotatable bonds is 16. The molecule has 12 nitrogen and oxygen atoms in total. The zero-order valence-corrected chi connectivity index (χ0v) is 40.7. The van der Waals surface area contributed by atoms with Gasteiger partial charge in [0.1, 0.15) is 28.3 Å². The van der Waals surface area contributed by atoms with Gasteiger partial charge in [-0.05, 0) is 70.9 Å². The molecule has 8 rings (SSSR count). The summed E-state index contributed by atoms with van der Waals surface area (Å²) < 4.78 is 33.0. The van der Waals surface area contributed by atoms with Crippen molar-refractivity contribution in [3.63, 3.8) is 0 Å². The smallest absolute Gasteiger partial charge is 0.497 e. The molecular formula is C53H58N4O8SSi. The van der Waals surface area contributed by atoms with Crippen LogP contribution in [0.5, 0.6) is 5.75 Å². The van der Waals surface area contributed by atoms with Crippen molar-refractivity contribution in [1.82, 2.24) is 14.5 Å². The summed E-state index contributed by atoms with van der Waals surface area (Å²) >= 11 is 0.794. The van der Waals surface area contributed by atoms with Crippen LogP contribution >= 0.6 is 11.3 Å². The first-order valence-electron chi connectivity index (χ1n) is 22.8. The number of hydrogen-bond acceptors (Lipinski definition) is 11. The first-order chi connectivity index (χ1) is 32.3. The third-order valence-corrected chi connectivity index (χ3v) is 18.9. The molecule has 2 aromatic heterocycles. The Hall–Kier alpha value is -6.32. The van der Waals surface area contributed by atoms with Crippen molar-refractivity contribution >= 4 is 52.5 Å². The highest BCUT2D eigenvalue weighted by atomic mass is 32.1. The summed E-state index contributed by atoms with van der Waals surface area (Å²) in [5.74, 6) is 0.226. The number of nitrogens with zero attached hydrogens (tertiary/aromatic N) is 2. The van der Waals surface area contributed by atoms with Crippen LogP contribution < -0.4 is 30.9 Å². The third kappa shape index (κ3) is 9.10. The second-order valence-electron chi connectivity index (χ2n) is 17.8. The van der Waals surface area contributed by atoms with Crippen molar-refractivity contribution in [3.8, 4) is 5.75 Å². The van der Waals surface area contributed by atoms with Gasteiger partial charge >= 0.3 is 11.0 Å². The van der Waals surface area contributed by atoms with Gasteiger partial charge < -0.3 is 28.7 Å². The quantitative estimate of drug-likeness (QED) is 0.0547. The van der Waals surface area contributed by atoms with Crippen molar-refractivity contribution < 1.29 is 28.2 Å². The number of anilines is 1. The molecule has 0 radical (unpaired) electrons. The number of fused-ring (bicyclic) bond motifs is 1. The topological polar surface area (TPSA) is 143 Å². The number of methoxy groups -OCH3 is 1. The predicted molar refractivity (Wildman–Crippen MR) is 266 cm³/mol. The summed E-state index contributed by atoms with van der Waals surface area (Å²) in [5, 5.41) is 5.58. The molecule has 0 aliphatic carbocycles. The Kier molecular flexibility index (Phi) is 14.0. The number of carbonyl (C=O) groups is 1. The van der Waals surface area contributed by atoms with E-state index in [1.807, 2.05) is 97.1 Å². The van der Waals surface area contributed by atoms with Gasteiger partial charge in [-0.2, -0.15) is 4.98 Å². The number of hydrogen-bond donors (Lipinski definition) is 2. The predicted octanol–water partition coefficient (Wildman–Crippen LogP) is 9.38. The summed E-state index contributed by atoms with van der Waals surface area (Å²) in [6.45, 7) is 12.4. The minimum atomic E-state index is -3.08. The van der Waals surface area contributed by atoms with Gasteiger partial charge in [0.15, 0.2) is 5.65 Å². The van der Waals surface area contributed by atoms with Crippen molar-refractivity contribution in [2.45, 2.75) is 89.5 Å². The fourth-order valence-electron chi connectivity index (χ4n) is 9.69. The van der Waals surface area contributed by atoms with E-state index in [0.717, 1.165) is 38.4 Å². The highest BCUT2D eigenvalue weighted by Gasteiger charge is 2.54. The Morgan fingerprint density at radius 1 is 0.836 bits per heavy atom. The summed E-state index contributed by atoms with van der Waals surface area (Å²) in [4.78, 5) is 49.3. The molecule has 67 heavy (non-hydrogen) atoms. The molecule has 1 saturated heterocycles. The SMILES string of the molecule is CCOC(=O)OC(C)[C@@H]1C[C@@H](C(CC)O[Si](c2ccccc2)(c2ccccc2)C(C)(C)C)O[C@H]1n1c(=O)sc2c(=O)[nH]c(NC(c3ccccc3)(c3ccccc3)c3ccc(OC)cc3)nc21. The molecule has 2 N–H and O–H groups in total. The van der Waals surface area contributed by atoms with E-state index >= 15 is 0 Å². The molecule has 2 unspecified atom stereocenters. The summed E-state index contributed by atoms with van der Waals surface area (Å²) in [7, 11) is -1.46. The summed E-state index contributed by atoms with van der Waals surface area (Å²) in [5.41, 5.74) is 1.12. The monoisotopic (exact) mass is 938 g/mol. The fraction of sp³-hybridized carbons (Fsp3) is 0.321. The summed E-state index contributed by atoms with van der Waals surface area (Å²) in [6, 6.07) is 48.4. The van der Waals surface area contributed by atoms with Crippen LogP contribution in [0.3, 0.4) is 0 Å². The van der Waals surface area contributed by atoms with Crippen LogP contribution in [0, 0.1) is 5.92 Å². The van der Waals surface area contributed by atoms with Crippen molar-refractivity contribution in [2.75, 3.05) is 19.0 Å². The number of aromatic amines is 1. The van der Waals surface area contributed by atoms with Gasteiger partial charge in [-0.15, -0.1) is 0 Å². The zero-order valence-electron chi connectivity index (χ0n) is 38.9. The van der Waals surface area contributed by atoms with Crippen LogP contribution in [0.2, 0.25) is 5.04 Å². The zero-order chi connectivity index (χ0) is 47.3. The van der Waals surface area contributed by atoms with Crippen molar-refractivity contribution in [2.24, 2.45) is 5.92 Å². The Balaban J connectivity index is 1.26. The maximum atomic E-state index is 14.5. The maximum Gasteiger partial charge on any atom is 0.508 e. The fourth-order valence-corrected chi connectivity index (χ4v) is 15.3. The molecule has 0 bridgehead atoms. The third-order valence-electron chi connectivity index (χ3n) is 12.9. The molecule has 0 saturated carbocycles. The maximum absolute atomic E-state index is 14.5. The number of benzene rings is 5. The van der Waals surface area contributed by atoms with Gasteiger partial charge in [0, 0.05) is 5.92 Å². The van der Waals surface area contributed by atoms with Gasteiger partial charge in [-0.1, -0.05) is 172 Å². The minimum Gasteiger partial charge on any atom is -0.497 e. The second kappa shape index (κ2) is 19.9. The van der Waals surface area contributed by atoms with Crippen LogP contribution in [-0.4, -0.2) is 61.0 Å². The largest absolute Gasteiger partial charge is 0.508 e. The Morgan fingerprint density at radius 2 is 1.37 bits per heavy atom. The van der Waals surface area contributed by atoms with E-state index in [1.54, 1.807) is 21.0 Å². The van der Waals surface area contributed by atoms with Crippen molar-refractivity contribution in [1.29, 1.82) is 0 Å².